The van der Waals surface area contributed by atoms with Crippen molar-refractivity contribution >= 4 is 5.97 Å². The number of carbonyl (C=O) groups is 1. The number of rotatable bonds is 7. The molecule has 4 aliphatic heterocycles. The first-order chi connectivity index (χ1) is 26.5. The zero-order valence-corrected chi connectivity index (χ0v) is 33.3. The molecule has 7 N–H and O–H groups in total. The second kappa shape index (κ2) is 15.0. The Balaban J connectivity index is 0.962. The van der Waals surface area contributed by atoms with Crippen molar-refractivity contribution in [2.75, 3.05) is 19.8 Å². The van der Waals surface area contributed by atoms with Crippen LogP contribution in [0.3, 0.4) is 0 Å². The number of hydrogen-bond donors (Lipinski definition) is 7. The Labute approximate surface area is 328 Å². The molecule has 15 nitrogen and oxygen atoms in total. The molecule has 56 heavy (non-hydrogen) atoms. The Morgan fingerprint density at radius 1 is 0.875 bits per heavy atom. The Morgan fingerprint density at radius 3 is 2.30 bits per heavy atom. The van der Waals surface area contributed by atoms with Crippen molar-refractivity contribution in [1.82, 2.24) is 0 Å². The van der Waals surface area contributed by atoms with Gasteiger partial charge in [0.1, 0.15) is 42.2 Å². The van der Waals surface area contributed by atoms with Crippen molar-refractivity contribution in [3.63, 3.8) is 0 Å². The zero-order chi connectivity index (χ0) is 40.1. The Kier molecular flexibility index (Phi) is 11.1. The van der Waals surface area contributed by atoms with E-state index < -0.39 is 85.4 Å². The smallest absolute Gasteiger partial charge is 0.303 e. The Bertz CT molecular complexity index is 1490. The second-order valence-corrected chi connectivity index (χ2v) is 18.9. The molecule has 8 rings (SSSR count). The molecule has 4 saturated heterocycles. The molecule has 3 saturated carbocycles. The van der Waals surface area contributed by atoms with Gasteiger partial charge < -0.3 is 68.9 Å². The Hall–Kier alpha value is -1.31. The van der Waals surface area contributed by atoms with Gasteiger partial charge in [-0.05, 0) is 81.5 Å². The van der Waals surface area contributed by atoms with Gasteiger partial charge in [-0.3, -0.25) is 4.79 Å². The minimum absolute atomic E-state index is 0.0820. The van der Waals surface area contributed by atoms with Crippen LogP contribution in [0.1, 0.15) is 92.4 Å². The minimum Gasteiger partial charge on any atom is -0.457 e. The molecule has 0 aromatic rings. The second-order valence-electron chi connectivity index (χ2n) is 18.9. The molecule has 8 aliphatic rings. The van der Waals surface area contributed by atoms with Crippen LogP contribution in [0.25, 0.3) is 0 Å². The maximum Gasteiger partial charge on any atom is 0.303 e. The van der Waals surface area contributed by atoms with Crippen molar-refractivity contribution < 1.29 is 73.7 Å². The third-order valence-corrected chi connectivity index (χ3v) is 16.2. The standard InChI is InChI=1S/C41H64O15/c1-19-34(52-21(3)44)32(47)33(48)36(51-19)55-35-31(46)30(45)28(17-43)54-37(35)53-24-9-11-38(4)23(14-24)6-7-25-26(38)10-12-39(5)27(25)15-29-41(39,49)20(2)40(56-29)13-8-22(16-42)18-50-40/h6,19-20,22,24-37,42-43,45-49H,7-18H2,1-5H3/t19-,20+,22-,24-,25+,26-,27-,28+,29-,30+,31-,32-,33+,34-,35+,36-,37+,38-,39-,40+,41+/m0/s1. The van der Waals surface area contributed by atoms with Gasteiger partial charge in [-0.15, -0.1) is 0 Å². The number of allylic oxidation sites excluding steroid dienone is 1. The van der Waals surface area contributed by atoms with Gasteiger partial charge in [0.25, 0.3) is 0 Å². The summed E-state index contributed by atoms with van der Waals surface area (Å²) in [5.74, 6) is -0.473. The molecule has 15 heteroatoms. The summed E-state index contributed by atoms with van der Waals surface area (Å²) >= 11 is 0. The van der Waals surface area contributed by atoms with E-state index in [1.807, 2.05) is 0 Å². The van der Waals surface area contributed by atoms with E-state index in [4.69, 9.17) is 33.2 Å². The quantitative estimate of drug-likeness (QED) is 0.141. The van der Waals surface area contributed by atoms with Gasteiger partial charge in [-0.1, -0.05) is 32.4 Å². The lowest BCUT2D eigenvalue weighted by Crippen LogP contribution is -2.64. The average molecular weight is 797 g/mol. The van der Waals surface area contributed by atoms with Gasteiger partial charge in [0.15, 0.2) is 24.5 Å². The molecule has 0 aromatic carbocycles. The zero-order valence-electron chi connectivity index (χ0n) is 33.3. The molecular weight excluding hydrogens is 732 g/mol. The predicted molar refractivity (Wildman–Crippen MR) is 194 cm³/mol. The largest absolute Gasteiger partial charge is 0.457 e. The van der Waals surface area contributed by atoms with Crippen molar-refractivity contribution in [3.05, 3.63) is 11.6 Å². The fourth-order valence-corrected chi connectivity index (χ4v) is 12.9. The third-order valence-electron chi connectivity index (χ3n) is 16.2. The lowest BCUT2D eigenvalue weighted by Gasteiger charge is -2.60. The van der Waals surface area contributed by atoms with Gasteiger partial charge >= 0.3 is 5.97 Å². The van der Waals surface area contributed by atoms with E-state index in [-0.39, 0.29) is 47.4 Å². The first kappa shape index (κ1) is 41.4. The summed E-state index contributed by atoms with van der Waals surface area (Å²) in [5, 5.41) is 76.1. The van der Waals surface area contributed by atoms with Gasteiger partial charge in [0.2, 0.25) is 0 Å². The topological polar surface area (TPSA) is 223 Å². The molecule has 0 bridgehead atoms. The molecule has 0 radical (unpaired) electrons. The van der Waals surface area contributed by atoms with Crippen molar-refractivity contribution in [3.8, 4) is 0 Å². The molecule has 0 amide bonds. The summed E-state index contributed by atoms with van der Waals surface area (Å²) in [5.41, 5.74) is -0.109. The van der Waals surface area contributed by atoms with E-state index in [9.17, 15) is 40.5 Å². The van der Waals surface area contributed by atoms with Crippen LogP contribution in [-0.2, 0) is 38.0 Å². The highest BCUT2D eigenvalue weighted by molar-refractivity contribution is 5.66. The number of carbonyl (C=O) groups excluding carboxylic acids is 1. The summed E-state index contributed by atoms with van der Waals surface area (Å²) in [6.07, 6.45) is -4.74. The van der Waals surface area contributed by atoms with E-state index in [0.29, 0.717) is 37.7 Å². The molecule has 0 unspecified atom stereocenters. The van der Waals surface area contributed by atoms with E-state index in [1.165, 1.54) is 12.5 Å². The highest BCUT2D eigenvalue weighted by Gasteiger charge is 2.76. The van der Waals surface area contributed by atoms with Crippen LogP contribution in [0.15, 0.2) is 11.6 Å². The number of esters is 1. The highest BCUT2D eigenvalue weighted by Crippen LogP contribution is 2.72. The maximum absolute atomic E-state index is 12.7. The fraction of sp³-hybridized carbons (Fsp3) is 0.927. The Morgan fingerprint density at radius 2 is 1.62 bits per heavy atom. The number of ether oxygens (including phenoxy) is 7. The molecule has 4 aliphatic carbocycles. The van der Waals surface area contributed by atoms with Crippen molar-refractivity contribution in [2.45, 2.75) is 177 Å². The van der Waals surface area contributed by atoms with Crippen LogP contribution in [0.2, 0.25) is 0 Å². The first-order valence-electron chi connectivity index (χ1n) is 21.0. The van der Waals surface area contributed by atoms with Crippen LogP contribution >= 0.6 is 0 Å². The van der Waals surface area contributed by atoms with Gasteiger partial charge in [0.05, 0.1) is 31.5 Å². The predicted octanol–water partition coefficient (Wildman–Crippen LogP) is 1.05. The molecule has 4 heterocycles. The number of aliphatic hydroxyl groups is 7. The van der Waals surface area contributed by atoms with E-state index in [2.05, 4.69) is 26.8 Å². The molecule has 318 valence electrons. The molecule has 1 spiro atoms. The van der Waals surface area contributed by atoms with Crippen LogP contribution in [-0.4, -0.2) is 147 Å². The van der Waals surface area contributed by atoms with Crippen LogP contribution < -0.4 is 0 Å². The van der Waals surface area contributed by atoms with Gasteiger partial charge in [0, 0.05) is 37.2 Å². The summed E-state index contributed by atoms with van der Waals surface area (Å²) < 4.78 is 42.7. The number of hydrogen-bond acceptors (Lipinski definition) is 15. The van der Waals surface area contributed by atoms with E-state index >= 15 is 0 Å². The highest BCUT2D eigenvalue weighted by atomic mass is 16.8. The number of aliphatic hydroxyl groups excluding tert-OH is 6. The fourth-order valence-electron chi connectivity index (χ4n) is 12.9. The number of fused-ring (bicyclic) bond motifs is 7. The monoisotopic (exact) mass is 796 g/mol. The summed E-state index contributed by atoms with van der Waals surface area (Å²) in [7, 11) is 0. The van der Waals surface area contributed by atoms with Crippen LogP contribution in [0.5, 0.6) is 0 Å². The molecular formula is C41H64O15. The average Bonchev–Trinajstić information content (AvgIpc) is 3.52. The van der Waals surface area contributed by atoms with E-state index in [0.717, 1.165) is 38.5 Å². The molecule has 7 fully saturated rings. The van der Waals surface area contributed by atoms with Crippen LogP contribution in [0.4, 0.5) is 0 Å². The van der Waals surface area contributed by atoms with Crippen molar-refractivity contribution in [2.24, 2.45) is 40.4 Å². The minimum atomic E-state index is -1.67. The SMILES string of the molecule is CC(=O)O[C@@H]1[C@@H](O)[C@@H](O)[C@H](O[C@H]2[C@H](O[C@H]3CC[C@@]4(C)C(=CC[C@@H]5[C@@H]4CC[C@@]4(C)[C@H]5C[C@@H]5O[C@]6(CC[C@@H](CO)CO6)[C@@H](C)[C@@]54O)C3)O[C@H](CO)[C@@H](O)[C@@H]2O)O[C@H]1C. The summed E-state index contributed by atoms with van der Waals surface area (Å²) in [6.45, 7) is 9.43. The normalized spacial score (nSPS) is 55.4. The van der Waals surface area contributed by atoms with E-state index in [1.54, 1.807) is 6.92 Å². The lowest BCUT2D eigenvalue weighted by molar-refractivity contribution is -0.370. The van der Waals surface area contributed by atoms with Gasteiger partial charge in [-0.25, -0.2) is 0 Å². The first-order valence-corrected chi connectivity index (χ1v) is 21.0. The molecule has 0 aromatic heterocycles. The molecule has 21 atom stereocenters. The van der Waals surface area contributed by atoms with Crippen LogP contribution in [0, 0.1) is 40.4 Å². The lowest BCUT2D eigenvalue weighted by atomic mass is 9.46. The maximum atomic E-state index is 12.7. The van der Waals surface area contributed by atoms with Gasteiger partial charge in [-0.2, -0.15) is 0 Å². The third kappa shape index (κ3) is 6.28. The van der Waals surface area contributed by atoms with Crippen molar-refractivity contribution in [1.29, 1.82) is 0 Å². The summed E-state index contributed by atoms with van der Waals surface area (Å²) in [4.78, 5) is 11.6. The summed E-state index contributed by atoms with van der Waals surface area (Å²) in [6, 6.07) is 0.